The van der Waals surface area contributed by atoms with Crippen LogP contribution < -0.4 is 11.1 Å². The average Bonchev–Trinajstić information content (AvgIpc) is 3.12. The fraction of sp³-hybridized carbons (Fsp3) is 0.318. The van der Waals surface area contributed by atoms with E-state index in [2.05, 4.69) is 10.3 Å². The van der Waals surface area contributed by atoms with Gasteiger partial charge in [0, 0.05) is 18.7 Å². The summed E-state index contributed by atoms with van der Waals surface area (Å²) in [6.45, 7) is 4.08. The topological polar surface area (TPSA) is 89.1 Å². The van der Waals surface area contributed by atoms with E-state index < -0.39 is 23.2 Å². The van der Waals surface area contributed by atoms with E-state index in [0.717, 1.165) is 6.07 Å². The maximum Gasteiger partial charge on any atom is 0.433 e. The maximum atomic E-state index is 14.0. The lowest BCUT2D eigenvalue weighted by Gasteiger charge is -2.42. The minimum absolute atomic E-state index is 0.0385. The second-order valence-corrected chi connectivity index (χ2v) is 8.13. The Hall–Kier alpha value is -3.47. The molecule has 4 rings (SSSR count). The number of pyridine rings is 1. The molecule has 1 amide bonds. The van der Waals surface area contributed by atoms with E-state index in [1.807, 2.05) is 0 Å². The number of imidazole rings is 1. The Bertz CT molecular complexity index is 1200. The van der Waals surface area contributed by atoms with Gasteiger partial charge in [0.05, 0.1) is 12.1 Å². The lowest BCUT2D eigenvalue weighted by Crippen LogP contribution is -2.53. The Kier molecular flexibility index (Phi) is 5.61. The van der Waals surface area contributed by atoms with Gasteiger partial charge in [0.25, 0.3) is 0 Å². The van der Waals surface area contributed by atoms with Crippen LogP contribution in [0.3, 0.4) is 0 Å². The first-order chi connectivity index (χ1) is 15.5. The van der Waals surface area contributed by atoms with Crippen molar-refractivity contribution in [3.8, 4) is 11.3 Å². The van der Waals surface area contributed by atoms with Gasteiger partial charge in [-0.3, -0.25) is 4.79 Å². The van der Waals surface area contributed by atoms with Gasteiger partial charge in [0.15, 0.2) is 0 Å². The predicted octanol–water partition coefficient (Wildman–Crippen LogP) is 3.88. The number of carbonyl (C=O) groups excluding carboxylic acids is 1. The highest BCUT2D eigenvalue weighted by atomic mass is 19.4. The Morgan fingerprint density at radius 1 is 1.15 bits per heavy atom. The molecular weight excluding hydrogens is 440 g/mol. The first-order valence-corrected chi connectivity index (χ1v) is 10.2. The number of carbonyl (C=O) groups is 1. The molecule has 33 heavy (non-hydrogen) atoms. The zero-order chi connectivity index (χ0) is 24.0. The van der Waals surface area contributed by atoms with Gasteiger partial charge in [-0.15, -0.1) is 0 Å². The third-order valence-electron chi connectivity index (χ3n) is 5.60. The Morgan fingerprint density at radius 3 is 2.55 bits per heavy atom. The van der Waals surface area contributed by atoms with Gasteiger partial charge in [-0.2, -0.15) is 13.2 Å². The Morgan fingerprint density at radius 2 is 1.88 bits per heavy atom. The summed E-state index contributed by atoms with van der Waals surface area (Å²) < 4.78 is 55.3. The van der Waals surface area contributed by atoms with Crippen LogP contribution in [0.1, 0.15) is 25.4 Å². The summed E-state index contributed by atoms with van der Waals surface area (Å²) in [7, 11) is 0. The molecule has 0 spiro atoms. The predicted molar refractivity (Wildman–Crippen MR) is 114 cm³/mol. The molecule has 0 unspecified atom stereocenters. The summed E-state index contributed by atoms with van der Waals surface area (Å²) >= 11 is 0. The van der Waals surface area contributed by atoms with Crippen LogP contribution in [-0.4, -0.2) is 38.4 Å². The monoisotopic (exact) mass is 462 g/mol. The van der Waals surface area contributed by atoms with E-state index in [9.17, 15) is 22.4 Å². The first-order valence-electron chi connectivity index (χ1n) is 10.2. The van der Waals surface area contributed by atoms with E-state index in [1.54, 1.807) is 29.4 Å². The molecule has 0 atom stereocenters. The molecule has 0 bridgehead atoms. The van der Waals surface area contributed by atoms with Crippen molar-refractivity contribution in [1.82, 2.24) is 19.4 Å². The number of halogens is 4. The van der Waals surface area contributed by atoms with Gasteiger partial charge in [-0.05, 0) is 38.1 Å². The van der Waals surface area contributed by atoms with Gasteiger partial charge < -0.3 is 20.5 Å². The normalized spacial score (nSPS) is 15.3. The van der Waals surface area contributed by atoms with Gasteiger partial charge in [-0.25, -0.2) is 14.4 Å². The highest BCUT2D eigenvalue weighted by molar-refractivity contribution is 5.80. The number of anilines is 2. The molecular formula is C22H22F4N6O. The standard InChI is InChI=1S/C22H22F4N6O/c1-21(2)20-30-18(13-5-3-6-14(23)11-13)19(31(20)9-10-32(21)17(33)12-27)29-16-8-4-7-15(28-16)22(24,25)26/h3-8,11H,9-10,12,27H2,1-2H3,(H,28,29). The van der Waals surface area contributed by atoms with E-state index >= 15 is 0 Å². The van der Waals surface area contributed by atoms with Crippen molar-refractivity contribution in [1.29, 1.82) is 0 Å². The number of benzene rings is 1. The van der Waals surface area contributed by atoms with Gasteiger partial charge in [-0.1, -0.05) is 18.2 Å². The number of aromatic nitrogens is 3. The molecule has 0 aliphatic carbocycles. The van der Waals surface area contributed by atoms with Crippen LogP contribution in [0.5, 0.6) is 0 Å². The second-order valence-electron chi connectivity index (χ2n) is 8.13. The molecule has 1 aliphatic heterocycles. The number of nitrogens with one attached hydrogen (secondary N) is 1. The van der Waals surface area contributed by atoms with Crippen LogP contribution in [0.2, 0.25) is 0 Å². The van der Waals surface area contributed by atoms with Crippen molar-refractivity contribution < 1.29 is 22.4 Å². The third kappa shape index (κ3) is 4.15. The number of nitrogens with two attached hydrogens (primary N) is 1. The molecule has 2 aromatic heterocycles. The minimum Gasteiger partial charge on any atom is -0.327 e. The summed E-state index contributed by atoms with van der Waals surface area (Å²) in [5.74, 6) is 0.0690. The molecule has 11 heteroatoms. The lowest BCUT2D eigenvalue weighted by atomic mass is 9.99. The van der Waals surface area contributed by atoms with Crippen molar-refractivity contribution in [3.63, 3.8) is 0 Å². The highest BCUT2D eigenvalue weighted by Crippen LogP contribution is 2.39. The van der Waals surface area contributed by atoms with Crippen molar-refractivity contribution >= 4 is 17.5 Å². The summed E-state index contributed by atoms with van der Waals surface area (Å²) in [6, 6.07) is 9.27. The zero-order valence-electron chi connectivity index (χ0n) is 17.9. The van der Waals surface area contributed by atoms with Crippen LogP contribution >= 0.6 is 0 Å². The molecule has 3 heterocycles. The number of hydrogen-bond acceptors (Lipinski definition) is 5. The van der Waals surface area contributed by atoms with Crippen molar-refractivity contribution in [2.45, 2.75) is 32.1 Å². The minimum atomic E-state index is -4.61. The first kappa shape index (κ1) is 22.7. The number of nitrogens with zero attached hydrogens (tertiary/aromatic N) is 4. The highest BCUT2D eigenvalue weighted by Gasteiger charge is 2.41. The van der Waals surface area contributed by atoms with Gasteiger partial charge >= 0.3 is 6.18 Å². The van der Waals surface area contributed by atoms with Crippen LogP contribution in [0.4, 0.5) is 29.2 Å². The van der Waals surface area contributed by atoms with Gasteiger partial charge in [0.1, 0.15) is 34.7 Å². The fourth-order valence-corrected chi connectivity index (χ4v) is 4.03. The summed E-state index contributed by atoms with van der Waals surface area (Å²) in [4.78, 5) is 22.4. The quantitative estimate of drug-likeness (QED) is 0.575. The van der Waals surface area contributed by atoms with E-state index in [0.29, 0.717) is 36.0 Å². The smallest absolute Gasteiger partial charge is 0.327 e. The number of alkyl halides is 3. The van der Waals surface area contributed by atoms with Crippen molar-refractivity contribution in [2.75, 3.05) is 18.4 Å². The van der Waals surface area contributed by atoms with Crippen molar-refractivity contribution in [2.24, 2.45) is 5.73 Å². The molecule has 1 aliphatic rings. The molecule has 0 saturated heterocycles. The summed E-state index contributed by atoms with van der Waals surface area (Å²) in [6.07, 6.45) is -4.61. The fourth-order valence-electron chi connectivity index (χ4n) is 4.03. The molecule has 0 fully saturated rings. The largest absolute Gasteiger partial charge is 0.433 e. The Balaban J connectivity index is 1.86. The molecule has 0 radical (unpaired) electrons. The number of rotatable bonds is 4. The number of amides is 1. The molecule has 7 nitrogen and oxygen atoms in total. The maximum absolute atomic E-state index is 14.0. The summed E-state index contributed by atoms with van der Waals surface area (Å²) in [5, 5.41) is 2.95. The second kappa shape index (κ2) is 8.14. The van der Waals surface area contributed by atoms with Gasteiger partial charge in [0.2, 0.25) is 5.91 Å². The SMILES string of the molecule is CC1(C)c2nc(-c3cccc(F)c3)c(Nc3cccc(C(F)(F)F)n3)n2CCN1C(=O)CN. The van der Waals surface area contributed by atoms with E-state index in [1.165, 1.54) is 30.3 Å². The van der Waals surface area contributed by atoms with Crippen molar-refractivity contribution in [3.05, 3.63) is 59.8 Å². The lowest BCUT2D eigenvalue weighted by molar-refractivity contribution is -0.141. The molecule has 174 valence electrons. The van der Waals surface area contributed by atoms with Crippen LogP contribution in [-0.2, 0) is 23.1 Å². The molecule has 3 N–H and O–H groups in total. The average molecular weight is 462 g/mol. The third-order valence-corrected chi connectivity index (χ3v) is 5.60. The van der Waals surface area contributed by atoms with Crippen LogP contribution in [0, 0.1) is 5.82 Å². The summed E-state index contributed by atoms with van der Waals surface area (Å²) in [5.41, 5.74) is 4.42. The molecule has 1 aromatic carbocycles. The zero-order valence-corrected chi connectivity index (χ0v) is 17.9. The Labute approximate surface area is 187 Å². The van der Waals surface area contributed by atoms with E-state index in [-0.39, 0.29) is 18.3 Å². The van der Waals surface area contributed by atoms with E-state index in [4.69, 9.17) is 10.7 Å². The van der Waals surface area contributed by atoms with Crippen LogP contribution in [0.15, 0.2) is 42.5 Å². The van der Waals surface area contributed by atoms with Crippen LogP contribution in [0.25, 0.3) is 11.3 Å². The number of hydrogen-bond donors (Lipinski definition) is 2. The number of fused-ring (bicyclic) bond motifs is 1. The molecule has 3 aromatic rings. The molecule has 0 saturated carbocycles.